The van der Waals surface area contributed by atoms with E-state index < -0.39 is 0 Å². The fourth-order valence-electron chi connectivity index (χ4n) is 2.89. The second-order valence-corrected chi connectivity index (χ2v) is 6.05. The largest absolute Gasteiger partial charge is 0.355 e. The van der Waals surface area contributed by atoms with Crippen molar-refractivity contribution in [1.82, 2.24) is 20.4 Å². The number of nitrogens with one attached hydrogen (secondary N) is 2. The molecule has 1 aromatic carbocycles. The van der Waals surface area contributed by atoms with E-state index in [-0.39, 0.29) is 6.04 Å². The molecule has 1 aliphatic rings. The molecule has 1 aromatic rings. The zero-order valence-electron chi connectivity index (χ0n) is 14.8. The molecule has 0 spiro atoms. The predicted octanol–water partition coefficient (Wildman–Crippen LogP) is 1.55. The van der Waals surface area contributed by atoms with E-state index in [0.717, 1.165) is 19.0 Å². The first-order valence-electron chi connectivity index (χ1n) is 8.69. The van der Waals surface area contributed by atoms with Crippen LogP contribution in [0.3, 0.4) is 0 Å². The van der Waals surface area contributed by atoms with Gasteiger partial charge in [0.15, 0.2) is 5.96 Å². The van der Waals surface area contributed by atoms with Crippen molar-refractivity contribution in [2.75, 3.05) is 52.9 Å². The Hall–Kier alpha value is -1.59. The summed E-state index contributed by atoms with van der Waals surface area (Å²) in [5, 5.41) is 6.88. The molecule has 1 fully saturated rings. The molecule has 0 radical (unpaired) electrons. The molecule has 23 heavy (non-hydrogen) atoms. The highest BCUT2D eigenvalue weighted by atomic mass is 15.3. The number of aliphatic imine (C=N–C) groups is 1. The molecule has 1 aliphatic heterocycles. The number of benzene rings is 1. The van der Waals surface area contributed by atoms with E-state index in [9.17, 15) is 0 Å². The van der Waals surface area contributed by atoms with Crippen LogP contribution in [0.1, 0.15) is 25.5 Å². The molecule has 1 saturated heterocycles. The molecular formula is C18H31N5. The lowest BCUT2D eigenvalue weighted by Gasteiger charge is -2.34. The van der Waals surface area contributed by atoms with Crippen LogP contribution in [-0.2, 0) is 0 Å². The Labute approximate surface area is 140 Å². The number of hydrogen-bond acceptors (Lipinski definition) is 3. The summed E-state index contributed by atoms with van der Waals surface area (Å²) in [6.45, 7) is 12.3. The molecular weight excluding hydrogens is 286 g/mol. The summed E-state index contributed by atoms with van der Waals surface area (Å²) in [4.78, 5) is 9.36. The van der Waals surface area contributed by atoms with Crippen molar-refractivity contribution >= 4 is 5.96 Å². The second kappa shape index (κ2) is 9.53. The molecule has 5 heteroatoms. The van der Waals surface area contributed by atoms with E-state index in [1.807, 2.05) is 13.1 Å². The first-order valence-corrected chi connectivity index (χ1v) is 8.69. The van der Waals surface area contributed by atoms with Gasteiger partial charge in [-0.3, -0.25) is 9.89 Å². The van der Waals surface area contributed by atoms with Gasteiger partial charge in [-0.2, -0.15) is 0 Å². The molecule has 0 aromatic heterocycles. The fourth-order valence-corrected chi connectivity index (χ4v) is 2.89. The normalized spacial score (nSPS) is 18.7. The molecule has 1 atom stereocenters. The minimum atomic E-state index is 0.246. The smallest absolute Gasteiger partial charge is 0.191 e. The lowest BCUT2D eigenvalue weighted by atomic mass is 10.1. The molecule has 1 unspecified atom stereocenters. The van der Waals surface area contributed by atoms with E-state index in [2.05, 4.69) is 63.5 Å². The van der Waals surface area contributed by atoms with E-state index in [1.54, 1.807) is 0 Å². The summed E-state index contributed by atoms with van der Waals surface area (Å²) in [6.07, 6.45) is 0. The molecule has 0 amide bonds. The molecule has 2 N–H and O–H groups in total. The molecule has 128 valence electrons. The van der Waals surface area contributed by atoms with E-state index >= 15 is 0 Å². The van der Waals surface area contributed by atoms with Crippen molar-refractivity contribution < 1.29 is 0 Å². The average Bonchev–Trinajstić information content (AvgIpc) is 2.62. The lowest BCUT2D eigenvalue weighted by molar-refractivity contribution is 0.139. The molecule has 5 nitrogen and oxygen atoms in total. The van der Waals surface area contributed by atoms with Crippen molar-refractivity contribution in [1.29, 1.82) is 0 Å². The van der Waals surface area contributed by atoms with Crippen LogP contribution in [0.4, 0.5) is 0 Å². The van der Waals surface area contributed by atoms with Gasteiger partial charge in [0.1, 0.15) is 0 Å². The van der Waals surface area contributed by atoms with Gasteiger partial charge < -0.3 is 15.5 Å². The Morgan fingerprint density at radius 1 is 1.13 bits per heavy atom. The van der Waals surface area contributed by atoms with Gasteiger partial charge in [-0.25, -0.2) is 0 Å². The standard InChI is InChI=1S/C18H31N5/c1-4-22-12-14-23(15-13-22)11-10-20-18(19-3)21-16(2)17-8-6-5-7-9-17/h5-9,16H,4,10-15H2,1-3H3,(H2,19,20,21). The van der Waals surface area contributed by atoms with E-state index in [0.29, 0.717) is 0 Å². The van der Waals surface area contributed by atoms with Gasteiger partial charge in [-0.15, -0.1) is 0 Å². The third-order valence-corrected chi connectivity index (χ3v) is 4.51. The maximum Gasteiger partial charge on any atom is 0.191 e. The lowest BCUT2D eigenvalue weighted by Crippen LogP contribution is -2.49. The maximum absolute atomic E-state index is 4.33. The first-order chi connectivity index (χ1) is 11.2. The quantitative estimate of drug-likeness (QED) is 0.617. The van der Waals surface area contributed by atoms with Crippen molar-refractivity contribution in [3.05, 3.63) is 35.9 Å². The number of guanidine groups is 1. The van der Waals surface area contributed by atoms with Crippen LogP contribution in [0.25, 0.3) is 0 Å². The summed E-state index contributed by atoms with van der Waals surface area (Å²) in [6, 6.07) is 10.7. The number of hydrogen-bond donors (Lipinski definition) is 2. The summed E-state index contributed by atoms with van der Waals surface area (Å²) in [5.41, 5.74) is 1.27. The highest BCUT2D eigenvalue weighted by molar-refractivity contribution is 5.80. The molecule has 1 heterocycles. The molecule has 2 rings (SSSR count). The van der Waals surface area contributed by atoms with Crippen LogP contribution < -0.4 is 10.6 Å². The maximum atomic E-state index is 4.33. The van der Waals surface area contributed by atoms with Gasteiger partial charge in [0.25, 0.3) is 0 Å². The zero-order chi connectivity index (χ0) is 16.5. The van der Waals surface area contributed by atoms with Crippen LogP contribution in [-0.4, -0.2) is 68.6 Å². The van der Waals surface area contributed by atoms with E-state index in [1.165, 1.54) is 38.3 Å². The van der Waals surface area contributed by atoms with Crippen molar-refractivity contribution in [3.8, 4) is 0 Å². The highest BCUT2D eigenvalue weighted by Gasteiger charge is 2.15. The van der Waals surface area contributed by atoms with Crippen LogP contribution in [0, 0.1) is 0 Å². The van der Waals surface area contributed by atoms with Crippen molar-refractivity contribution in [2.24, 2.45) is 4.99 Å². The topological polar surface area (TPSA) is 42.9 Å². The first kappa shape index (κ1) is 17.8. The minimum Gasteiger partial charge on any atom is -0.355 e. The van der Waals surface area contributed by atoms with E-state index in [4.69, 9.17) is 0 Å². The number of nitrogens with zero attached hydrogens (tertiary/aromatic N) is 3. The minimum absolute atomic E-state index is 0.246. The van der Waals surface area contributed by atoms with Crippen molar-refractivity contribution in [2.45, 2.75) is 19.9 Å². The molecule has 0 aliphatic carbocycles. The number of rotatable bonds is 6. The van der Waals surface area contributed by atoms with Crippen LogP contribution in [0.2, 0.25) is 0 Å². The zero-order valence-corrected chi connectivity index (χ0v) is 14.8. The van der Waals surface area contributed by atoms with Gasteiger partial charge in [0, 0.05) is 46.3 Å². The van der Waals surface area contributed by atoms with Gasteiger partial charge in [-0.05, 0) is 19.0 Å². The third kappa shape index (κ3) is 5.84. The molecule has 0 saturated carbocycles. The SMILES string of the molecule is CCN1CCN(CCNC(=NC)NC(C)c2ccccc2)CC1. The van der Waals surface area contributed by atoms with Gasteiger partial charge in [0.05, 0.1) is 6.04 Å². The Kier molecular flexibility index (Phi) is 7.36. The highest BCUT2D eigenvalue weighted by Crippen LogP contribution is 2.10. The van der Waals surface area contributed by atoms with Crippen molar-refractivity contribution in [3.63, 3.8) is 0 Å². The molecule has 0 bridgehead atoms. The summed E-state index contributed by atoms with van der Waals surface area (Å²) < 4.78 is 0. The number of likely N-dealkylation sites (N-methyl/N-ethyl adjacent to an activating group) is 1. The third-order valence-electron chi connectivity index (χ3n) is 4.51. The number of piperazine rings is 1. The monoisotopic (exact) mass is 317 g/mol. The van der Waals surface area contributed by atoms with Crippen LogP contribution in [0.15, 0.2) is 35.3 Å². The second-order valence-electron chi connectivity index (χ2n) is 6.05. The summed E-state index contributed by atoms with van der Waals surface area (Å²) in [5.74, 6) is 0.869. The Morgan fingerprint density at radius 2 is 1.78 bits per heavy atom. The summed E-state index contributed by atoms with van der Waals surface area (Å²) in [7, 11) is 1.83. The van der Waals surface area contributed by atoms with Crippen LogP contribution in [0.5, 0.6) is 0 Å². The fraction of sp³-hybridized carbons (Fsp3) is 0.611. The Balaban J connectivity index is 1.69. The summed E-state index contributed by atoms with van der Waals surface area (Å²) >= 11 is 0. The van der Waals surface area contributed by atoms with Crippen LogP contribution >= 0.6 is 0 Å². The van der Waals surface area contributed by atoms with Gasteiger partial charge in [0.2, 0.25) is 0 Å². The Bertz CT molecular complexity index is 466. The van der Waals surface area contributed by atoms with Gasteiger partial charge >= 0.3 is 0 Å². The Morgan fingerprint density at radius 3 is 2.39 bits per heavy atom. The predicted molar refractivity (Wildman–Crippen MR) is 97.9 cm³/mol. The van der Waals surface area contributed by atoms with Gasteiger partial charge in [-0.1, -0.05) is 37.3 Å². The average molecular weight is 317 g/mol.